The first-order valence-corrected chi connectivity index (χ1v) is 10.6. The van der Waals surface area contributed by atoms with E-state index < -0.39 is 20.9 Å². The van der Waals surface area contributed by atoms with Crippen LogP contribution in [0.3, 0.4) is 0 Å². The van der Waals surface area contributed by atoms with E-state index in [1.54, 1.807) is 30.3 Å². The van der Waals surface area contributed by atoms with E-state index in [2.05, 4.69) is 0 Å². The van der Waals surface area contributed by atoms with Crippen LogP contribution in [0.5, 0.6) is 5.75 Å². The molecule has 0 radical (unpaired) electrons. The number of carbonyl (C=O) groups excluding carboxylic acids is 1. The second-order valence-electron chi connectivity index (χ2n) is 6.42. The van der Waals surface area contributed by atoms with Crippen molar-refractivity contribution in [1.29, 1.82) is 0 Å². The van der Waals surface area contributed by atoms with Crippen molar-refractivity contribution >= 4 is 15.7 Å². The number of rotatable bonds is 4. The van der Waals surface area contributed by atoms with Crippen LogP contribution in [0.15, 0.2) is 48.5 Å². The van der Waals surface area contributed by atoms with Gasteiger partial charge in [0.1, 0.15) is 11.6 Å². The molecule has 1 fully saturated rings. The fraction of sp³-hybridized carbons (Fsp3) is 0.350. The monoisotopic (exact) mass is 391 g/mol. The minimum Gasteiger partial charge on any atom is -0.494 e. The lowest BCUT2D eigenvalue weighted by Gasteiger charge is -2.20. The summed E-state index contributed by atoms with van der Waals surface area (Å²) in [5.74, 6) is -0.277. The lowest BCUT2D eigenvalue weighted by atomic mass is 10.1. The standard InChI is InChI=1S/C20H22FNO4S/c1-2-26-16-9-7-15(8-10-16)20(23)22-12-11-19(27(24,25)14-13-22)17-5-3-4-6-18(17)21/h3-10,19H,2,11-14H2,1H3. The van der Waals surface area contributed by atoms with Crippen LogP contribution in [-0.2, 0) is 9.84 Å². The predicted octanol–water partition coefficient (Wildman–Crippen LogP) is 3.23. The number of carbonyl (C=O) groups is 1. The van der Waals surface area contributed by atoms with E-state index in [0.717, 1.165) is 0 Å². The van der Waals surface area contributed by atoms with E-state index in [0.29, 0.717) is 17.9 Å². The van der Waals surface area contributed by atoms with E-state index >= 15 is 0 Å². The quantitative estimate of drug-likeness (QED) is 0.803. The number of halogens is 1. The maximum atomic E-state index is 14.1. The minimum absolute atomic E-state index is 0.0966. The van der Waals surface area contributed by atoms with Gasteiger partial charge in [0.25, 0.3) is 5.91 Å². The van der Waals surface area contributed by atoms with Crippen molar-refractivity contribution in [3.63, 3.8) is 0 Å². The highest BCUT2D eigenvalue weighted by Gasteiger charge is 2.34. The van der Waals surface area contributed by atoms with E-state index in [1.807, 2.05) is 6.92 Å². The summed E-state index contributed by atoms with van der Waals surface area (Å²) in [4.78, 5) is 14.3. The molecule has 1 saturated heterocycles. The molecular formula is C20H22FNO4S. The molecule has 1 aliphatic rings. The van der Waals surface area contributed by atoms with Gasteiger partial charge >= 0.3 is 0 Å². The van der Waals surface area contributed by atoms with Gasteiger partial charge in [0.2, 0.25) is 0 Å². The second kappa shape index (κ2) is 8.08. The molecule has 2 aromatic carbocycles. The number of sulfone groups is 1. The third kappa shape index (κ3) is 4.30. The highest BCUT2D eigenvalue weighted by Crippen LogP contribution is 2.31. The van der Waals surface area contributed by atoms with Gasteiger partial charge in [-0.25, -0.2) is 12.8 Å². The zero-order valence-corrected chi connectivity index (χ0v) is 15.9. The highest BCUT2D eigenvalue weighted by molar-refractivity contribution is 7.91. The number of benzene rings is 2. The van der Waals surface area contributed by atoms with Gasteiger partial charge in [0.05, 0.1) is 17.6 Å². The Bertz CT molecular complexity index is 912. The summed E-state index contributed by atoms with van der Waals surface area (Å²) < 4.78 is 44.8. The minimum atomic E-state index is -3.55. The fourth-order valence-corrected chi connectivity index (χ4v) is 5.08. The summed E-state index contributed by atoms with van der Waals surface area (Å²) >= 11 is 0. The van der Waals surface area contributed by atoms with Crippen LogP contribution >= 0.6 is 0 Å². The number of ether oxygens (including phenoxy) is 1. The molecule has 0 bridgehead atoms. The molecule has 27 heavy (non-hydrogen) atoms. The summed E-state index contributed by atoms with van der Waals surface area (Å²) in [6, 6.07) is 12.7. The molecule has 1 heterocycles. The molecule has 5 nitrogen and oxygen atoms in total. The number of hydrogen-bond acceptors (Lipinski definition) is 4. The Morgan fingerprint density at radius 3 is 2.52 bits per heavy atom. The normalized spacial score (nSPS) is 19.3. The fourth-order valence-electron chi connectivity index (χ4n) is 3.28. The Balaban J connectivity index is 1.78. The van der Waals surface area contributed by atoms with Crippen LogP contribution in [0.2, 0.25) is 0 Å². The van der Waals surface area contributed by atoms with Gasteiger partial charge in [-0.3, -0.25) is 4.79 Å². The largest absolute Gasteiger partial charge is 0.494 e. The zero-order valence-electron chi connectivity index (χ0n) is 15.1. The lowest BCUT2D eigenvalue weighted by molar-refractivity contribution is 0.0766. The van der Waals surface area contributed by atoms with Crippen molar-refractivity contribution in [2.75, 3.05) is 25.4 Å². The van der Waals surface area contributed by atoms with E-state index in [-0.39, 0.29) is 36.7 Å². The van der Waals surface area contributed by atoms with Crippen molar-refractivity contribution in [1.82, 2.24) is 4.90 Å². The average molecular weight is 391 g/mol. The molecule has 0 aliphatic carbocycles. The van der Waals surface area contributed by atoms with Gasteiger partial charge in [-0.15, -0.1) is 0 Å². The molecule has 0 aromatic heterocycles. The summed E-state index contributed by atoms with van der Waals surface area (Å²) in [6.07, 6.45) is 0.173. The molecule has 144 valence electrons. The Kier molecular flexibility index (Phi) is 5.79. The smallest absolute Gasteiger partial charge is 0.253 e. The SMILES string of the molecule is CCOc1ccc(C(=O)N2CCC(c3ccccc3F)S(=O)(=O)CC2)cc1. The molecule has 0 N–H and O–H groups in total. The summed E-state index contributed by atoms with van der Waals surface area (Å²) in [5.41, 5.74) is 0.646. The van der Waals surface area contributed by atoms with Gasteiger partial charge in [0.15, 0.2) is 9.84 Å². The molecule has 1 aliphatic heterocycles. The Morgan fingerprint density at radius 1 is 1.15 bits per heavy atom. The van der Waals surface area contributed by atoms with Crippen molar-refractivity contribution in [3.8, 4) is 5.75 Å². The Labute approximate surface area is 158 Å². The van der Waals surface area contributed by atoms with Crippen LogP contribution in [0.4, 0.5) is 4.39 Å². The molecule has 2 aromatic rings. The van der Waals surface area contributed by atoms with E-state index in [4.69, 9.17) is 4.74 Å². The van der Waals surface area contributed by atoms with Crippen LogP contribution in [0, 0.1) is 5.82 Å². The topological polar surface area (TPSA) is 63.7 Å². The van der Waals surface area contributed by atoms with E-state index in [1.165, 1.54) is 23.1 Å². The molecule has 1 atom stereocenters. The first-order valence-electron chi connectivity index (χ1n) is 8.90. The predicted molar refractivity (Wildman–Crippen MR) is 101 cm³/mol. The van der Waals surface area contributed by atoms with Crippen LogP contribution in [0.1, 0.15) is 34.5 Å². The third-order valence-corrected chi connectivity index (χ3v) is 6.80. The van der Waals surface area contributed by atoms with Crippen molar-refractivity contribution in [3.05, 3.63) is 65.5 Å². The molecular weight excluding hydrogens is 369 g/mol. The first kappa shape index (κ1) is 19.4. The summed E-state index contributed by atoms with van der Waals surface area (Å²) in [6.45, 7) is 2.76. The molecule has 7 heteroatoms. The summed E-state index contributed by atoms with van der Waals surface area (Å²) in [7, 11) is -3.55. The van der Waals surface area contributed by atoms with Gasteiger partial charge in [-0.05, 0) is 43.7 Å². The van der Waals surface area contributed by atoms with Gasteiger partial charge in [0, 0.05) is 24.2 Å². The first-order chi connectivity index (χ1) is 12.9. The van der Waals surface area contributed by atoms with Gasteiger partial charge in [-0.2, -0.15) is 0 Å². The van der Waals surface area contributed by atoms with Crippen LogP contribution in [0.25, 0.3) is 0 Å². The lowest BCUT2D eigenvalue weighted by Crippen LogP contribution is -2.33. The van der Waals surface area contributed by atoms with Crippen LogP contribution in [-0.4, -0.2) is 44.7 Å². The van der Waals surface area contributed by atoms with Gasteiger partial charge < -0.3 is 9.64 Å². The zero-order chi connectivity index (χ0) is 19.4. The van der Waals surface area contributed by atoms with Crippen LogP contribution < -0.4 is 4.74 Å². The number of hydrogen-bond donors (Lipinski definition) is 0. The number of amides is 1. The average Bonchev–Trinajstić information content (AvgIpc) is 2.81. The number of nitrogens with zero attached hydrogens (tertiary/aromatic N) is 1. The Hall–Kier alpha value is -2.41. The molecule has 3 rings (SSSR count). The van der Waals surface area contributed by atoms with E-state index in [9.17, 15) is 17.6 Å². The maximum absolute atomic E-state index is 14.1. The van der Waals surface area contributed by atoms with Gasteiger partial charge in [-0.1, -0.05) is 18.2 Å². The summed E-state index contributed by atoms with van der Waals surface area (Å²) in [5, 5.41) is -0.933. The molecule has 1 unspecified atom stereocenters. The maximum Gasteiger partial charge on any atom is 0.253 e. The molecule has 1 amide bonds. The van der Waals surface area contributed by atoms with Crippen molar-refractivity contribution < 1.29 is 22.3 Å². The Morgan fingerprint density at radius 2 is 1.85 bits per heavy atom. The molecule has 0 saturated carbocycles. The van der Waals surface area contributed by atoms with Crippen molar-refractivity contribution in [2.24, 2.45) is 0 Å². The molecule has 0 spiro atoms. The third-order valence-electron chi connectivity index (χ3n) is 4.69. The van der Waals surface area contributed by atoms with Crippen molar-refractivity contribution in [2.45, 2.75) is 18.6 Å². The highest BCUT2D eigenvalue weighted by atomic mass is 32.2. The second-order valence-corrected chi connectivity index (χ2v) is 8.72.